The number of benzene rings is 2. The molecule has 0 bridgehead atoms. The molecule has 2 amide bonds. The van der Waals surface area contributed by atoms with Crippen molar-refractivity contribution in [1.82, 2.24) is 15.1 Å². The van der Waals surface area contributed by atoms with E-state index < -0.39 is 0 Å². The quantitative estimate of drug-likeness (QED) is 0.696. The fraction of sp³-hybridized carbons (Fsp3) is 0.200. The third-order valence-electron chi connectivity index (χ3n) is 4.11. The standard InChI is InChI=1S/C20H22N4O3/c1-14(17-10-9-16(26-2)13-18(17)27-3)21-20(25)22-19-11-12-24(23-19)15-7-5-4-6-8-15/h4-14H,1-3H3,(H2,21,22,23,25)/t14-/m1/s1. The Hall–Kier alpha value is -3.48. The van der Waals surface area contributed by atoms with Gasteiger partial charge in [-0.2, -0.15) is 0 Å². The molecule has 0 aliphatic carbocycles. The van der Waals surface area contributed by atoms with Crippen molar-refractivity contribution in [1.29, 1.82) is 0 Å². The van der Waals surface area contributed by atoms with Gasteiger partial charge < -0.3 is 14.8 Å². The molecule has 1 atom stereocenters. The molecule has 140 valence electrons. The van der Waals surface area contributed by atoms with Crippen LogP contribution in [0.25, 0.3) is 5.69 Å². The number of hydrogen-bond donors (Lipinski definition) is 2. The Kier molecular flexibility index (Phi) is 5.61. The number of hydrogen-bond acceptors (Lipinski definition) is 4. The Morgan fingerprint density at radius 2 is 1.85 bits per heavy atom. The second kappa shape index (κ2) is 8.27. The number of carbonyl (C=O) groups excluding carboxylic acids is 1. The van der Waals surface area contributed by atoms with E-state index in [0.29, 0.717) is 17.3 Å². The predicted octanol–water partition coefficient (Wildman–Crippen LogP) is 3.77. The van der Waals surface area contributed by atoms with Crippen LogP contribution in [-0.4, -0.2) is 30.0 Å². The number of para-hydroxylation sites is 1. The molecule has 0 aliphatic heterocycles. The molecule has 3 aromatic rings. The molecule has 0 saturated carbocycles. The monoisotopic (exact) mass is 366 g/mol. The van der Waals surface area contributed by atoms with Crippen molar-refractivity contribution in [3.8, 4) is 17.2 Å². The van der Waals surface area contributed by atoms with Crippen LogP contribution in [0.4, 0.5) is 10.6 Å². The first-order valence-electron chi connectivity index (χ1n) is 8.51. The van der Waals surface area contributed by atoms with Crippen LogP contribution in [0.15, 0.2) is 60.8 Å². The number of nitrogens with zero attached hydrogens (tertiary/aromatic N) is 2. The van der Waals surface area contributed by atoms with Gasteiger partial charge in [0.1, 0.15) is 11.5 Å². The molecular formula is C20H22N4O3. The van der Waals surface area contributed by atoms with Crippen LogP contribution >= 0.6 is 0 Å². The molecule has 0 fully saturated rings. The number of amides is 2. The van der Waals surface area contributed by atoms with Gasteiger partial charge in [0, 0.05) is 23.9 Å². The molecule has 0 radical (unpaired) electrons. The highest BCUT2D eigenvalue weighted by molar-refractivity contribution is 5.88. The number of methoxy groups -OCH3 is 2. The van der Waals surface area contributed by atoms with E-state index >= 15 is 0 Å². The van der Waals surface area contributed by atoms with E-state index in [4.69, 9.17) is 9.47 Å². The molecule has 27 heavy (non-hydrogen) atoms. The van der Waals surface area contributed by atoms with Gasteiger partial charge in [-0.1, -0.05) is 18.2 Å². The topological polar surface area (TPSA) is 77.4 Å². The molecule has 7 heteroatoms. The van der Waals surface area contributed by atoms with Gasteiger partial charge in [-0.25, -0.2) is 9.48 Å². The van der Waals surface area contributed by atoms with Crippen LogP contribution in [0.2, 0.25) is 0 Å². The third-order valence-corrected chi connectivity index (χ3v) is 4.11. The lowest BCUT2D eigenvalue weighted by molar-refractivity contribution is 0.249. The van der Waals surface area contributed by atoms with Crippen molar-refractivity contribution in [3.05, 3.63) is 66.4 Å². The Balaban J connectivity index is 1.65. The molecule has 1 heterocycles. The third kappa shape index (κ3) is 4.38. The minimum Gasteiger partial charge on any atom is -0.497 e. The molecule has 0 unspecified atom stereocenters. The van der Waals surface area contributed by atoms with Crippen molar-refractivity contribution in [2.45, 2.75) is 13.0 Å². The highest BCUT2D eigenvalue weighted by atomic mass is 16.5. The summed E-state index contributed by atoms with van der Waals surface area (Å²) in [5.74, 6) is 1.81. The summed E-state index contributed by atoms with van der Waals surface area (Å²) >= 11 is 0. The van der Waals surface area contributed by atoms with Gasteiger partial charge in [-0.05, 0) is 31.2 Å². The lowest BCUT2D eigenvalue weighted by atomic mass is 10.1. The lowest BCUT2D eigenvalue weighted by Crippen LogP contribution is -2.31. The SMILES string of the molecule is COc1ccc([C@@H](C)NC(=O)Nc2ccn(-c3ccccc3)n2)c(OC)c1. The first kappa shape index (κ1) is 18.3. The summed E-state index contributed by atoms with van der Waals surface area (Å²) in [7, 11) is 3.18. The Morgan fingerprint density at radius 1 is 1.07 bits per heavy atom. The average Bonchev–Trinajstić information content (AvgIpc) is 3.16. The van der Waals surface area contributed by atoms with E-state index in [2.05, 4.69) is 15.7 Å². The van der Waals surface area contributed by atoms with E-state index in [0.717, 1.165) is 11.3 Å². The van der Waals surface area contributed by atoms with Crippen LogP contribution < -0.4 is 20.1 Å². The van der Waals surface area contributed by atoms with Crippen molar-refractivity contribution in [2.24, 2.45) is 0 Å². The zero-order chi connectivity index (χ0) is 19.2. The van der Waals surface area contributed by atoms with Crippen LogP contribution in [0.5, 0.6) is 11.5 Å². The van der Waals surface area contributed by atoms with Crippen molar-refractivity contribution in [2.75, 3.05) is 19.5 Å². The zero-order valence-electron chi connectivity index (χ0n) is 15.5. The molecule has 2 aromatic carbocycles. The summed E-state index contributed by atoms with van der Waals surface area (Å²) in [6.07, 6.45) is 1.79. The van der Waals surface area contributed by atoms with Gasteiger partial charge in [-0.15, -0.1) is 5.10 Å². The molecule has 1 aromatic heterocycles. The van der Waals surface area contributed by atoms with Crippen LogP contribution in [0.3, 0.4) is 0 Å². The van der Waals surface area contributed by atoms with E-state index in [9.17, 15) is 4.79 Å². The van der Waals surface area contributed by atoms with Crippen LogP contribution in [0.1, 0.15) is 18.5 Å². The molecule has 2 N–H and O–H groups in total. The lowest BCUT2D eigenvalue weighted by Gasteiger charge is -2.18. The molecule has 0 aliphatic rings. The maximum atomic E-state index is 12.3. The van der Waals surface area contributed by atoms with Gasteiger partial charge >= 0.3 is 6.03 Å². The van der Waals surface area contributed by atoms with E-state index in [1.165, 1.54) is 0 Å². The fourth-order valence-electron chi connectivity index (χ4n) is 2.72. The summed E-state index contributed by atoms with van der Waals surface area (Å²) in [6.45, 7) is 1.88. The number of carbonyl (C=O) groups is 1. The van der Waals surface area contributed by atoms with Gasteiger partial charge in [0.2, 0.25) is 0 Å². The zero-order valence-corrected chi connectivity index (χ0v) is 15.5. The Bertz CT molecular complexity index is 909. The first-order chi connectivity index (χ1) is 13.1. The van der Waals surface area contributed by atoms with Gasteiger partial charge in [0.15, 0.2) is 5.82 Å². The number of nitrogens with one attached hydrogen (secondary N) is 2. The van der Waals surface area contributed by atoms with Gasteiger partial charge in [0.25, 0.3) is 0 Å². The highest BCUT2D eigenvalue weighted by Crippen LogP contribution is 2.29. The maximum absolute atomic E-state index is 12.3. The highest BCUT2D eigenvalue weighted by Gasteiger charge is 2.15. The molecule has 7 nitrogen and oxygen atoms in total. The van der Waals surface area contributed by atoms with Gasteiger partial charge in [0.05, 0.1) is 25.9 Å². The van der Waals surface area contributed by atoms with E-state index in [1.54, 1.807) is 37.2 Å². The largest absolute Gasteiger partial charge is 0.497 e. The molecule has 0 spiro atoms. The summed E-state index contributed by atoms with van der Waals surface area (Å²) in [6, 6.07) is 16.3. The summed E-state index contributed by atoms with van der Waals surface area (Å²) < 4.78 is 12.3. The number of urea groups is 1. The number of ether oxygens (including phenoxy) is 2. The van der Waals surface area contributed by atoms with Crippen LogP contribution in [0, 0.1) is 0 Å². The molecule has 0 saturated heterocycles. The predicted molar refractivity (Wildman–Crippen MR) is 104 cm³/mol. The second-order valence-corrected chi connectivity index (χ2v) is 5.91. The first-order valence-corrected chi connectivity index (χ1v) is 8.51. The Labute approximate surface area is 157 Å². The van der Waals surface area contributed by atoms with E-state index in [1.807, 2.05) is 49.4 Å². The van der Waals surface area contributed by atoms with Crippen molar-refractivity contribution < 1.29 is 14.3 Å². The van der Waals surface area contributed by atoms with Gasteiger partial charge in [-0.3, -0.25) is 5.32 Å². The average molecular weight is 366 g/mol. The summed E-state index contributed by atoms with van der Waals surface area (Å²) in [4.78, 5) is 12.3. The number of aromatic nitrogens is 2. The number of anilines is 1. The smallest absolute Gasteiger partial charge is 0.320 e. The Morgan fingerprint density at radius 3 is 2.56 bits per heavy atom. The number of rotatable bonds is 6. The maximum Gasteiger partial charge on any atom is 0.320 e. The summed E-state index contributed by atoms with van der Waals surface area (Å²) in [5, 5.41) is 9.99. The molecular weight excluding hydrogens is 344 g/mol. The van der Waals surface area contributed by atoms with Crippen molar-refractivity contribution in [3.63, 3.8) is 0 Å². The normalized spacial score (nSPS) is 11.5. The molecule has 3 rings (SSSR count). The summed E-state index contributed by atoms with van der Waals surface area (Å²) in [5.41, 5.74) is 1.77. The minimum absolute atomic E-state index is 0.262. The van der Waals surface area contributed by atoms with Crippen LogP contribution in [-0.2, 0) is 0 Å². The van der Waals surface area contributed by atoms with E-state index in [-0.39, 0.29) is 12.1 Å². The second-order valence-electron chi connectivity index (χ2n) is 5.91. The van der Waals surface area contributed by atoms with Crippen molar-refractivity contribution >= 4 is 11.8 Å². The fourth-order valence-corrected chi connectivity index (χ4v) is 2.72. The minimum atomic E-state index is -0.348.